The Balaban J connectivity index is 2.65. The molecule has 0 atom stereocenters. The SMILES string of the molecule is COCCCSCCCF. The second-order valence-electron chi connectivity index (χ2n) is 2.00. The maximum atomic E-state index is 11.5. The first-order valence-corrected chi connectivity index (χ1v) is 4.70. The summed E-state index contributed by atoms with van der Waals surface area (Å²) in [4.78, 5) is 0. The van der Waals surface area contributed by atoms with Gasteiger partial charge in [0.25, 0.3) is 0 Å². The number of ether oxygens (including phenoxy) is 1. The fourth-order valence-corrected chi connectivity index (χ4v) is 1.40. The van der Waals surface area contributed by atoms with Gasteiger partial charge in [0.2, 0.25) is 0 Å². The van der Waals surface area contributed by atoms with Gasteiger partial charge >= 0.3 is 0 Å². The van der Waals surface area contributed by atoms with E-state index in [9.17, 15) is 4.39 Å². The average Bonchev–Trinajstić information content (AvgIpc) is 1.97. The molecule has 0 aromatic rings. The van der Waals surface area contributed by atoms with Crippen LogP contribution in [0.25, 0.3) is 0 Å². The lowest BCUT2D eigenvalue weighted by Crippen LogP contribution is -1.91. The molecule has 0 rings (SSSR count). The summed E-state index contributed by atoms with van der Waals surface area (Å²) in [5, 5.41) is 0. The van der Waals surface area contributed by atoms with E-state index in [-0.39, 0.29) is 6.67 Å². The van der Waals surface area contributed by atoms with Crippen molar-refractivity contribution in [1.29, 1.82) is 0 Å². The van der Waals surface area contributed by atoms with Gasteiger partial charge in [0.15, 0.2) is 0 Å². The number of hydrogen-bond donors (Lipinski definition) is 0. The van der Waals surface area contributed by atoms with E-state index in [1.54, 1.807) is 18.9 Å². The number of hydrogen-bond acceptors (Lipinski definition) is 2. The summed E-state index contributed by atoms with van der Waals surface area (Å²) in [5.41, 5.74) is 0. The van der Waals surface area contributed by atoms with Gasteiger partial charge < -0.3 is 4.74 Å². The Morgan fingerprint density at radius 2 is 2.00 bits per heavy atom. The van der Waals surface area contributed by atoms with Crippen LogP contribution in [0.3, 0.4) is 0 Å². The van der Waals surface area contributed by atoms with Gasteiger partial charge in [-0.2, -0.15) is 11.8 Å². The molecule has 0 bridgehead atoms. The van der Waals surface area contributed by atoms with Crippen molar-refractivity contribution in [2.75, 3.05) is 31.9 Å². The van der Waals surface area contributed by atoms with Crippen LogP contribution in [0.1, 0.15) is 12.8 Å². The van der Waals surface area contributed by atoms with Gasteiger partial charge in [0, 0.05) is 13.7 Å². The van der Waals surface area contributed by atoms with E-state index in [1.807, 2.05) is 0 Å². The van der Waals surface area contributed by atoms with Gasteiger partial charge in [0.05, 0.1) is 6.67 Å². The number of methoxy groups -OCH3 is 1. The van der Waals surface area contributed by atoms with E-state index in [0.717, 1.165) is 24.5 Å². The Bertz CT molecular complexity index is 53.6. The van der Waals surface area contributed by atoms with Gasteiger partial charge in [-0.3, -0.25) is 4.39 Å². The summed E-state index contributed by atoms with van der Waals surface area (Å²) in [7, 11) is 1.70. The molecule has 0 saturated heterocycles. The molecule has 0 fully saturated rings. The van der Waals surface area contributed by atoms with E-state index in [4.69, 9.17) is 4.74 Å². The molecule has 62 valence electrons. The van der Waals surface area contributed by atoms with Crippen molar-refractivity contribution < 1.29 is 9.13 Å². The average molecular weight is 166 g/mol. The van der Waals surface area contributed by atoms with E-state index >= 15 is 0 Å². The summed E-state index contributed by atoms with van der Waals surface area (Å²) in [5.74, 6) is 2.04. The molecular formula is C7H15FOS. The third kappa shape index (κ3) is 8.24. The number of rotatable bonds is 7. The van der Waals surface area contributed by atoms with Crippen molar-refractivity contribution in [3.05, 3.63) is 0 Å². The van der Waals surface area contributed by atoms with Crippen molar-refractivity contribution in [3.63, 3.8) is 0 Å². The van der Waals surface area contributed by atoms with Crippen molar-refractivity contribution >= 4 is 11.8 Å². The first-order valence-electron chi connectivity index (χ1n) is 3.54. The normalized spacial score (nSPS) is 10.2. The van der Waals surface area contributed by atoms with Crippen LogP contribution in [0.4, 0.5) is 4.39 Å². The van der Waals surface area contributed by atoms with Crippen LogP contribution in [-0.4, -0.2) is 31.9 Å². The first kappa shape index (κ1) is 10.2. The van der Waals surface area contributed by atoms with Gasteiger partial charge in [-0.25, -0.2) is 0 Å². The molecule has 0 aromatic carbocycles. The van der Waals surface area contributed by atoms with Crippen LogP contribution < -0.4 is 0 Å². The lowest BCUT2D eigenvalue weighted by Gasteiger charge is -1.98. The maximum absolute atomic E-state index is 11.5. The predicted octanol–water partition coefficient (Wildman–Crippen LogP) is 2.12. The number of thioether (sulfide) groups is 1. The maximum Gasteiger partial charge on any atom is 0.0902 e. The van der Waals surface area contributed by atoms with Gasteiger partial charge in [0.1, 0.15) is 0 Å². The van der Waals surface area contributed by atoms with Crippen molar-refractivity contribution in [2.45, 2.75) is 12.8 Å². The summed E-state index contributed by atoms with van der Waals surface area (Å²) in [6.45, 7) is 0.639. The molecule has 0 N–H and O–H groups in total. The zero-order valence-electron chi connectivity index (χ0n) is 6.44. The monoisotopic (exact) mass is 166 g/mol. The highest BCUT2D eigenvalue weighted by Crippen LogP contribution is 2.04. The molecule has 0 heterocycles. The van der Waals surface area contributed by atoms with Crippen LogP contribution in [0.15, 0.2) is 0 Å². The topological polar surface area (TPSA) is 9.23 Å². The van der Waals surface area contributed by atoms with Crippen LogP contribution in [0, 0.1) is 0 Å². The van der Waals surface area contributed by atoms with E-state index in [2.05, 4.69) is 0 Å². The molecule has 0 saturated carbocycles. The van der Waals surface area contributed by atoms with Crippen LogP contribution in [0.2, 0.25) is 0 Å². The van der Waals surface area contributed by atoms with E-state index < -0.39 is 0 Å². The summed E-state index contributed by atoms with van der Waals surface area (Å²) in [6.07, 6.45) is 1.77. The molecule has 0 amide bonds. The van der Waals surface area contributed by atoms with Gasteiger partial charge in [-0.1, -0.05) is 0 Å². The molecule has 3 heteroatoms. The van der Waals surface area contributed by atoms with Crippen LogP contribution >= 0.6 is 11.8 Å². The predicted molar refractivity (Wildman–Crippen MR) is 44.4 cm³/mol. The molecule has 0 aliphatic heterocycles. The Morgan fingerprint density at radius 1 is 1.30 bits per heavy atom. The quantitative estimate of drug-likeness (QED) is 0.536. The van der Waals surface area contributed by atoms with Crippen molar-refractivity contribution in [1.82, 2.24) is 0 Å². The molecule has 0 spiro atoms. The zero-order chi connectivity index (χ0) is 7.66. The highest BCUT2D eigenvalue weighted by Gasteiger charge is 1.88. The molecule has 0 aromatic heterocycles. The van der Waals surface area contributed by atoms with Crippen LogP contribution in [0.5, 0.6) is 0 Å². The zero-order valence-corrected chi connectivity index (χ0v) is 7.25. The minimum Gasteiger partial charge on any atom is -0.385 e. The third-order valence-corrected chi connectivity index (χ3v) is 2.21. The Morgan fingerprint density at radius 3 is 2.60 bits per heavy atom. The highest BCUT2D eigenvalue weighted by molar-refractivity contribution is 7.99. The largest absolute Gasteiger partial charge is 0.385 e. The lowest BCUT2D eigenvalue weighted by atomic mass is 10.5. The van der Waals surface area contributed by atoms with E-state index in [1.165, 1.54) is 0 Å². The molecule has 0 unspecified atom stereocenters. The van der Waals surface area contributed by atoms with Crippen LogP contribution in [-0.2, 0) is 4.74 Å². The summed E-state index contributed by atoms with van der Waals surface area (Å²) < 4.78 is 16.4. The Kier molecular flexibility index (Phi) is 9.46. The molecule has 1 nitrogen and oxygen atoms in total. The molecule has 0 aliphatic carbocycles. The molecule has 10 heavy (non-hydrogen) atoms. The molecule has 0 aliphatic rings. The third-order valence-electron chi connectivity index (χ3n) is 1.06. The minimum absolute atomic E-state index is 0.183. The number of halogens is 1. The highest BCUT2D eigenvalue weighted by atomic mass is 32.2. The summed E-state index contributed by atoms with van der Waals surface area (Å²) in [6, 6.07) is 0. The summed E-state index contributed by atoms with van der Waals surface area (Å²) >= 11 is 1.80. The standard InChI is InChI=1S/C7H15FOS/c1-9-5-3-7-10-6-2-4-8/h2-7H2,1H3. The molecule has 0 radical (unpaired) electrons. The second-order valence-corrected chi connectivity index (χ2v) is 3.23. The van der Waals surface area contributed by atoms with Gasteiger partial charge in [-0.05, 0) is 24.3 Å². The lowest BCUT2D eigenvalue weighted by molar-refractivity contribution is 0.200. The van der Waals surface area contributed by atoms with Gasteiger partial charge in [-0.15, -0.1) is 0 Å². The number of alkyl halides is 1. The minimum atomic E-state index is -0.183. The smallest absolute Gasteiger partial charge is 0.0902 e. The van der Waals surface area contributed by atoms with Crippen molar-refractivity contribution in [3.8, 4) is 0 Å². The fraction of sp³-hybridized carbons (Fsp3) is 1.00. The Hall–Kier alpha value is 0.240. The first-order chi connectivity index (χ1) is 4.91. The fourth-order valence-electron chi connectivity index (χ4n) is 0.564. The van der Waals surface area contributed by atoms with E-state index in [0.29, 0.717) is 6.42 Å². The van der Waals surface area contributed by atoms with Crippen molar-refractivity contribution in [2.24, 2.45) is 0 Å². The Labute approximate surface area is 66.3 Å². The molecular weight excluding hydrogens is 151 g/mol. The second kappa shape index (κ2) is 9.24.